The van der Waals surface area contributed by atoms with Crippen LogP contribution in [0.1, 0.15) is 57.4 Å². The van der Waals surface area contributed by atoms with E-state index in [2.05, 4.69) is 6.92 Å². The molecular weight excluding hydrogens is 287 g/mol. The van der Waals surface area contributed by atoms with Crippen LogP contribution in [-0.4, -0.2) is 11.2 Å². The number of rotatable bonds is 6. The van der Waals surface area contributed by atoms with Gasteiger partial charge in [-0.15, -0.1) is 0 Å². The van der Waals surface area contributed by atoms with E-state index in [1.165, 1.54) is 38.2 Å². The fraction of sp³-hybridized carbons (Fsp3) is 0.667. The lowest BCUT2D eigenvalue weighted by molar-refractivity contribution is 0.0726. The van der Waals surface area contributed by atoms with Crippen molar-refractivity contribution in [1.29, 1.82) is 0 Å². The maximum Gasteiger partial charge on any atom is 0.142 e. The monoisotopic (exact) mass is 312 g/mol. The van der Waals surface area contributed by atoms with Gasteiger partial charge in [0.25, 0.3) is 0 Å². The van der Waals surface area contributed by atoms with Crippen molar-refractivity contribution >= 4 is 11.6 Å². The molecule has 0 saturated heterocycles. The number of benzene rings is 1. The second-order valence-corrected chi connectivity index (χ2v) is 6.79. The molecule has 1 aliphatic rings. The summed E-state index contributed by atoms with van der Waals surface area (Å²) in [6.07, 6.45) is 8.58. The van der Waals surface area contributed by atoms with Gasteiger partial charge in [-0.1, -0.05) is 62.8 Å². The molecule has 1 nitrogen and oxygen atoms in total. The second-order valence-electron chi connectivity index (χ2n) is 6.41. The minimum absolute atomic E-state index is 0.160. The highest BCUT2D eigenvalue weighted by Crippen LogP contribution is 2.35. The van der Waals surface area contributed by atoms with E-state index < -0.39 is 11.9 Å². The summed E-state index contributed by atoms with van der Waals surface area (Å²) in [7, 11) is 0. The minimum atomic E-state index is -0.406. The summed E-state index contributed by atoms with van der Waals surface area (Å²) in [5, 5.41) is 10.6. The normalized spacial score (nSPS) is 24.0. The van der Waals surface area contributed by atoms with Crippen LogP contribution in [0.5, 0.6) is 0 Å². The van der Waals surface area contributed by atoms with Crippen LogP contribution in [0.2, 0.25) is 5.02 Å². The molecule has 1 N–H and O–H groups in total. The van der Waals surface area contributed by atoms with E-state index in [1.54, 1.807) is 6.07 Å². The fourth-order valence-electron chi connectivity index (χ4n) is 3.45. The van der Waals surface area contributed by atoms with E-state index in [0.29, 0.717) is 12.3 Å². The van der Waals surface area contributed by atoms with E-state index in [0.717, 1.165) is 24.3 Å². The topological polar surface area (TPSA) is 20.2 Å². The van der Waals surface area contributed by atoms with Crippen LogP contribution in [0.4, 0.5) is 4.39 Å². The summed E-state index contributed by atoms with van der Waals surface area (Å²) in [6.45, 7) is 2.23. The lowest BCUT2D eigenvalue weighted by Gasteiger charge is -2.31. The molecule has 1 saturated carbocycles. The average Bonchev–Trinajstić information content (AvgIpc) is 2.50. The summed E-state index contributed by atoms with van der Waals surface area (Å²) in [4.78, 5) is 0. The highest BCUT2D eigenvalue weighted by molar-refractivity contribution is 6.31. The molecule has 1 aromatic rings. The standard InChI is InChI=1S/C18H26ClFO/c1-2-3-5-13-8-10-14(11-9-13)17(21)12-15-6-4-7-16(20)18(15)19/h4,6-7,13-14,17,21H,2-3,5,8-12H2,1H3. The van der Waals surface area contributed by atoms with Gasteiger partial charge >= 0.3 is 0 Å². The predicted octanol–water partition coefficient (Wildman–Crippen LogP) is 5.38. The van der Waals surface area contributed by atoms with Gasteiger partial charge in [-0.3, -0.25) is 0 Å². The first-order valence-electron chi connectivity index (χ1n) is 8.22. The molecule has 1 atom stereocenters. The Bertz CT molecular complexity index is 441. The van der Waals surface area contributed by atoms with Gasteiger partial charge in [0.05, 0.1) is 11.1 Å². The predicted molar refractivity (Wildman–Crippen MR) is 86.1 cm³/mol. The van der Waals surface area contributed by atoms with Gasteiger partial charge < -0.3 is 5.11 Å². The van der Waals surface area contributed by atoms with Crippen LogP contribution in [0, 0.1) is 17.7 Å². The maximum atomic E-state index is 13.4. The fourth-order valence-corrected chi connectivity index (χ4v) is 3.66. The lowest BCUT2D eigenvalue weighted by Crippen LogP contribution is -2.27. The van der Waals surface area contributed by atoms with Crippen molar-refractivity contribution < 1.29 is 9.50 Å². The number of hydrogen-bond donors (Lipinski definition) is 1. The van der Waals surface area contributed by atoms with Crippen LogP contribution < -0.4 is 0 Å². The maximum absolute atomic E-state index is 13.4. The van der Waals surface area contributed by atoms with E-state index in [1.807, 2.05) is 6.07 Å². The minimum Gasteiger partial charge on any atom is -0.392 e. The van der Waals surface area contributed by atoms with Crippen LogP contribution in [0.25, 0.3) is 0 Å². The zero-order valence-electron chi connectivity index (χ0n) is 12.8. The molecule has 0 amide bonds. The molecule has 1 aliphatic carbocycles. The molecule has 0 spiro atoms. The third-order valence-corrected chi connectivity index (χ3v) is 5.29. The van der Waals surface area contributed by atoms with Gasteiger partial charge in [-0.2, -0.15) is 0 Å². The molecule has 1 unspecified atom stereocenters. The molecule has 0 radical (unpaired) electrons. The molecular formula is C18H26ClFO. The van der Waals surface area contributed by atoms with Gasteiger partial charge in [0.1, 0.15) is 5.82 Å². The van der Waals surface area contributed by atoms with Gasteiger partial charge in [0.15, 0.2) is 0 Å². The molecule has 0 heterocycles. The number of halogens is 2. The first-order chi connectivity index (χ1) is 10.1. The van der Waals surface area contributed by atoms with E-state index >= 15 is 0 Å². The van der Waals surface area contributed by atoms with Gasteiger partial charge in [0, 0.05) is 6.42 Å². The molecule has 1 fully saturated rings. The third kappa shape index (κ3) is 4.69. The summed E-state index contributed by atoms with van der Waals surface area (Å²) in [6, 6.07) is 4.82. The molecule has 3 heteroatoms. The number of unbranched alkanes of at least 4 members (excludes halogenated alkanes) is 1. The van der Waals surface area contributed by atoms with Crippen LogP contribution in [0.15, 0.2) is 18.2 Å². The molecule has 21 heavy (non-hydrogen) atoms. The zero-order valence-corrected chi connectivity index (χ0v) is 13.6. The highest BCUT2D eigenvalue weighted by atomic mass is 35.5. The summed E-state index contributed by atoms with van der Waals surface area (Å²) in [5.41, 5.74) is 0.720. The Labute approximate surface area is 132 Å². The smallest absolute Gasteiger partial charge is 0.142 e. The quantitative estimate of drug-likeness (QED) is 0.747. The molecule has 0 aromatic heterocycles. The first-order valence-corrected chi connectivity index (χ1v) is 8.60. The summed E-state index contributed by atoms with van der Waals surface area (Å²) >= 11 is 5.97. The van der Waals surface area contributed by atoms with Gasteiger partial charge in [-0.25, -0.2) is 4.39 Å². The van der Waals surface area contributed by atoms with Crippen molar-refractivity contribution in [3.05, 3.63) is 34.6 Å². The number of hydrogen-bond acceptors (Lipinski definition) is 1. The number of aliphatic hydroxyl groups is 1. The van der Waals surface area contributed by atoms with Crippen LogP contribution in [0.3, 0.4) is 0 Å². The van der Waals surface area contributed by atoms with Crippen LogP contribution >= 0.6 is 11.6 Å². The van der Waals surface area contributed by atoms with Gasteiger partial charge in [-0.05, 0) is 36.3 Å². The molecule has 0 aliphatic heterocycles. The third-order valence-electron chi connectivity index (χ3n) is 4.86. The van der Waals surface area contributed by atoms with E-state index in [9.17, 15) is 9.50 Å². The first kappa shape index (κ1) is 16.8. The summed E-state index contributed by atoms with van der Waals surface area (Å²) in [5.74, 6) is 0.776. The van der Waals surface area contributed by atoms with E-state index in [-0.39, 0.29) is 5.02 Å². The van der Waals surface area contributed by atoms with Gasteiger partial charge in [0.2, 0.25) is 0 Å². The zero-order chi connectivity index (χ0) is 15.2. The van der Waals surface area contributed by atoms with Crippen LogP contribution in [-0.2, 0) is 6.42 Å². The number of aliphatic hydroxyl groups excluding tert-OH is 1. The van der Waals surface area contributed by atoms with E-state index in [4.69, 9.17) is 11.6 Å². The Morgan fingerprint density at radius 2 is 2.00 bits per heavy atom. The average molecular weight is 313 g/mol. The Balaban J connectivity index is 1.84. The van der Waals surface area contributed by atoms with Crippen molar-refractivity contribution in [3.8, 4) is 0 Å². The van der Waals surface area contributed by atoms with Crippen molar-refractivity contribution in [3.63, 3.8) is 0 Å². The lowest BCUT2D eigenvalue weighted by atomic mass is 9.76. The highest BCUT2D eigenvalue weighted by Gasteiger charge is 2.26. The Morgan fingerprint density at radius 3 is 2.67 bits per heavy atom. The van der Waals surface area contributed by atoms with Crippen molar-refractivity contribution in [2.45, 2.75) is 64.4 Å². The molecule has 1 aromatic carbocycles. The van der Waals surface area contributed by atoms with Crippen molar-refractivity contribution in [2.24, 2.45) is 11.8 Å². The second kappa shape index (κ2) is 8.14. The molecule has 0 bridgehead atoms. The Morgan fingerprint density at radius 1 is 1.29 bits per heavy atom. The summed E-state index contributed by atoms with van der Waals surface area (Å²) < 4.78 is 13.4. The Hall–Kier alpha value is -0.600. The Kier molecular flexibility index (Phi) is 6.50. The molecule has 118 valence electrons. The van der Waals surface area contributed by atoms with Crippen molar-refractivity contribution in [2.75, 3.05) is 0 Å². The SMILES string of the molecule is CCCCC1CCC(C(O)Cc2cccc(F)c2Cl)CC1. The largest absolute Gasteiger partial charge is 0.392 e. The van der Waals surface area contributed by atoms with Crippen molar-refractivity contribution in [1.82, 2.24) is 0 Å². The molecule has 2 rings (SSSR count).